The quantitative estimate of drug-likeness (QED) is 0.840. The molecule has 1 aliphatic rings. The summed E-state index contributed by atoms with van der Waals surface area (Å²) in [4.78, 5) is 29.7. The number of hydrogen-bond donors (Lipinski definition) is 2. The van der Waals surface area contributed by atoms with Crippen molar-refractivity contribution in [1.29, 1.82) is 0 Å². The summed E-state index contributed by atoms with van der Waals surface area (Å²) in [5.74, 6) is -0.362. The van der Waals surface area contributed by atoms with Crippen molar-refractivity contribution in [2.75, 3.05) is 18.0 Å². The molecule has 2 heterocycles. The number of nitrogens with zero attached hydrogens (tertiary/aromatic N) is 2. The Labute approximate surface area is 158 Å². The molecule has 1 fully saturated rings. The van der Waals surface area contributed by atoms with Crippen LogP contribution in [0.5, 0.6) is 0 Å². The van der Waals surface area contributed by atoms with Gasteiger partial charge in [-0.2, -0.15) is 0 Å². The molecular formula is C20H23N3O4. The molecule has 0 spiro atoms. The maximum absolute atomic E-state index is 12.3. The number of ether oxygens (including phenoxy) is 1. The molecule has 1 amide bonds. The minimum atomic E-state index is -0.971. The zero-order valence-electron chi connectivity index (χ0n) is 15.4. The van der Waals surface area contributed by atoms with E-state index in [1.807, 2.05) is 19.9 Å². The monoisotopic (exact) mass is 369 g/mol. The van der Waals surface area contributed by atoms with Crippen LogP contribution in [0.15, 0.2) is 42.6 Å². The number of amides is 1. The molecule has 7 heteroatoms. The number of carboxylic acid groups (broad SMARTS) is 1. The molecule has 7 nitrogen and oxygen atoms in total. The topological polar surface area (TPSA) is 91.8 Å². The Morgan fingerprint density at radius 1 is 1.11 bits per heavy atom. The van der Waals surface area contributed by atoms with E-state index in [-0.39, 0.29) is 23.7 Å². The van der Waals surface area contributed by atoms with Crippen molar-refractivity contribution in [2.24, 2.45) is 0 Å². The molecule has 1 aromatic heterocycles. The van der Waals surface area contributed by atoms with E-state index < -0.39 is 5.97 Å². The summed E-state index contributed by atoms with van der Waals surface area (Å²) < 4.78 is 5.73. The molecular weight excluding hydrogens is 346 g/mol. The number of aromatic nitrogens is 1. The van der Waals surface area contributed by atoms with Gasteiger partial charge < -0.3 is 20.1 Å². The maximum atomic E-state index is 12.3. The number of carbonyl (C=O) groups excluding carboxylic acids is 1. The number of anilines is 1. The molecule has 3 rings (SSSR count). The predicted octanol–water partition coefficient (Wildman–Crippen LogP) is 2.32. The first-order valence-electron chi connectivity index (χ1n) is 8.89. The molecule has 0 bridgehead atoms. The van der Waals surface area contributed by atoms with Crippen LogP contribution in [-0.4, -0.2) is 47.3 Å². The SMILES string of the molecule is CC1CN(c2ccc(C(=O)NCc3ccc(C(=O)O)cc3)cn2)CC(C)O1. The van der Waals surface area contributed by atoms with Crippen LogP contribution < -0.4 is 10.2 Å². The molecule has 142 valence electrons. The Morgan fingerprint density at radius 3 is 2.30 bits per heavy atom. The van der Waals surface area contributed by atoms with Gasteiger partial charge in [0.15, 0.2) is 0 Å². The van der Waals surface area contributed by atoms with Gasteiger partial charge in [-0.05, 0) is 43.7 Å². The molecule has 0 radical (unpaired) electrons. The Kier molecular flexibility index (Phi) is 5.71. The van der Waals surface area contributed by atoms with Crippen molar-refractivity contribution in [1.82, 2.24) is 10.3 Å². The summed E-state index contributed by atoms with van der Waals surface area (Å²) in [5.41, 5.74) is 1.53. The molecule has 2 aromatic rings. The fraction of sp³-hybridized carbons (Fsp3) is 0.350. The van der Waals surface area contributed by atoms with E-state index in [1.54, 1.807) is 24.4 Å². The van der Waals surface area contributed by atoms with Crippen molar-refractivity contribution in [2.45, 2.75) is 32.6 Å². The van der Waals surface area contributed by atoms with Gasteiger partial charge in [0.2, 0.25) is 0 Å². The van der Waals surface area contributed by atoms with E-state index in [4.69, 9.17) is 9.84 Å². The number of benzene rings is 1. The molecule has 2 N–H and O–H groups in total. The number of carbonyl (C=O) groups is 2. The van der Waals surface area contributed by atoms with Crippen molar-refractivity contribution in [3.05, 3.63) is 59.3 Å². The van der Waals surface area contributed by atoms with E-state index in [0.717, 1.165) is 24.5 Å². The van der Waals surface area contributed by atoms with Crippen molar-refractivity contribution in [3.8, 4) is 0 Å². The molecule has 27 heavy (non-hydrogen) atoms. The third kappa shape index (κ3) is 4.83. The van der Waals surface area contributed by atoms with Crippen LogP contribution in [0.4, 0.5) is 5.82 Å². The number of hydrogen-bond acceptors (Lipinski definition) is 5. The first kappa shape index (κ1) is 18.8. The number of morpholine rings is 1. The highest BCUT2D eigenvalue weighted by Gasteiger charge is 2.23. The standard InChI is InChI=1S/C20H23N3O4/c1-13-11-23(12-14(2)27-13)18-8-7-17(10-21-18)19(24)22-9-15-3-5-16(6-4-15)20(25)26/h3-8,10,13-14H,9,11-12H2,1-2H3,(H,22,24)(H,25,26). The van der Waals surface area contributed by atoms with Gasteiger partial charge >= 0.3 is 5.97 Å². The highest BCUT2D eigenvalue weighted by atomic mass is 16.5. The van der Waals surface area contributed by atoms with E-state index in [0.29, 0.717) is 12.1 Å². The van der Waals surface area contributed by atoms with Crippen molar-refractivity contribution >= 4 is 17.7 Å². The Morgan fingerprint density at radius 2 is 1.74 bits per heavy atom. The van der Waals surface area contributed by atoms with Crippen LogP contribution in [0, 0.1) is 0 Å². The van der Waals surface area contributed by atoms with Gasteiger partial charge in [0.1, 0.15) is 5.82 Å². The second-order valence-electron chi connectivity index (χ2n) is 6.75. The summed E-state index contributed by atoms with van der Waals surface area (Å²) in [5, 5.41) is 11.7. The lowest BCUT2D eigenvalue weighted by Gasteiger charge is -2.36. The average molecular weight is 369 g/mol. The highest BCUT2D eigenvalue weighted by Crippen LogP contribution is 2.18. The lowest BCUT2D eigenvalue weighted by molar-refractivity contribution is -0.00546. The number of aromatic carboxylic acids is 1. The maximum Gasteiger partial charge on any atom is 0.335 e. The summed E-state index contributed by atoms with van der Waals surface area (Å²) >= 11 is 0. The predicted molar refractivity (Wildman–Crippen MR) is 101 cm³/mol. The smallest absolute Gasteiger partial charge is 0.335 e. The zero-order valence-corrected chi connectivity index (χ0v) is 15.4. The highest BCUT2D eigenvalue weighted by molar-refractivity contribution is 5.94. The fourth-order valence-electron chi connectivity index (χ4n) is 3.12. The Bertz CT molecular complexity index is 795. The summed E-state index contributed by atoms with van der Waals surface area (Å²) in [7, 11) is 0. The minimum Gasteiger partial charge on any atom is -0.478 e. The average Bonchev–Trinajstić information content (AvgIpc) is 2.66. The molecule has 1 aliphatic heterocycles. The molecule has 1 aromatic carbocycles. The third-order valence-corrected chi connectivity index (χ3v) is 4.41. The van der Waals surface area contributed by atoms with Crippen LogP contribution >= 0.6 is 0 Å². The van der Waals surface area contributed by atoms with Crippen LogP contribution in [0.3, 0.4) is 0 Å². The minimum absolute atomic E-state index is 0.144. The molecule has 2 atom stereocenters. The van der Waals surface area contributed by atoms with Crippen molar-refractivity contribution in [3.63, 3.8) is 0 Å². The van der Waals surface area contributed by atoms with Gasteiger partial charge in [0.05, 0.1) is 23.3 Å². The number of rotatable bonds is 5. The normalized spacial score (nSPS) is 19.6. The summed E-state index contributed by atoms with van der Waals surface area (Å²) in [6.45, 7) is 5.93. The number of carboxylic acids is 1. The van der Waals surface area contributed by atoms with Gasteiger partial charge in [-0.1, -0.05) is 12.1 Å². The second-order valence-corrected chi connectivity index (χ2v) is 6.75. The summed E-state index contributed by atoms with van der Waals surface area (Å²) in [6, 6.07) is 10.0. The largest absolute Gasteiger partial charge is 0.478 e. The van der Waals surface area contributed by atoms with E-state index >= 15 is 0 Å². The fourth-order valence-corrected chi connectivity index (χ4v) is 3.12. The molecule has 1 saturated heterocycles. The lowest BCUT2D eigenvalue weighted by atomic mass is 10.1. The molecule has 0 aliphatic carbocycles. The van der Waals surface area contributed by atoms with Gasteiger partial charge in [-0.3, -0.25) is 4.79 Å². The van der Waals surface area contributed by atoms with Crippen LogP contribution in [0.25, 0.3) is 0 Å². The second kappa shape index (κ2) is 8.18. The summed E-state index contributed by atoms with van der Waals surface area (Å²) in [6.07, 6.45) is 1.86. The molecule has 2 unspecified atom stereocenters. The van der Waals surface area contributed by atoms with Crippen LogP contribution in [0.1, 0.15) is 40.1 Å². The number of nitrogens with one attached hydrogen (secondary N) is 1. The first-order valence-corrected chi connectivity index (χ1v) is 8.89. The van der Waals surface area contributed by atoms with Crippen molar-refractivity contribution < 1.29 is 19.4 Å². The van der Waals surface area contributed by atoms with Crippen LogP contribution in [-0.2, 0) is 11.3 Å². The van der Waals surface area contributed by atoms with Gasteiger partial charge in [-0.25, -0.2) is 9.78 Å². The Hall–Kier alpha value is -2.93. The van der Waals surface area contributed by atoms with Gasteiger partial charge in [0.25, 0.3) is 5.91 Å². The van der Waals surface area contributed by atoms with Gasteiger partial charge in [0, 0.05) is 25.8 Å². The third-order valence-electron chi connectivity index (χ3n) is 4.41. The van der Waals surface area contributed by atoms with Crippen LogP contribution in [0.2, 0.25) is 0 Å². The number of pyridine rings is 1. The van der Waals surface area contributed by atoms with E-state index in [2.05, 4.69) is 15.2 Å². The zero-order chi connectivity index (χ0) is 19.4. The van der Waals surface area contributed by atoms with E-state index in [9.17, 15) is 9.59 Å². The first-order chi connectivity index (χ1) is 12.9. The lowest BCUT2D eigenvalue weighted by Crippen LogP contribution is -2.45. The van der Waals surface area contributed by atoms with E-state index in [1.165, 1.54) is 12.1 Å². The Balaban J connectivity index is 1.58. The molecule has 0 saturated carbocycles. The van der Waals surface area contributed by atoms with Gasteiger partial charge in [-0.15, -0.1) is 0 Å².